The van der Waals surface area contributed by atoms with E-state index in [0.717, 1.165) is 32.6 Å². The number of non-ortho nitro benzene ring substituents is 1. The molecular weight excluding hydrogens is 418 g/mol. The van der Waals surface area contributed by atoms with E-state index in [4.69, 9.17) is 11.6 Å². The molecule has 1 aromatic carbocycles. The standard InChI is InChI=1S/C15H12ClN3O4S3/c1-9-13(25-15(18-9)12-3-2-6-24-12)8-17-26(22,23)14-7-10(19(20)21)4-5-11(14)16/h2-7,17H,8H2,1H3. The predicted octanol–water partition coefficient (Wildman–Crippen LogP) is 4.22. The Bertz CT molecular complexity index is 1060. The second-order valence-electron chi connectivity index (χ2n) is 5.20. The lowest BCUT2D eigenvalue weighted by atomic mass is 10.3. The van der Waals surface area contributed by atoms with Gasteiger partial charge in [-0.2, -0.15) is 0 Å². The number of thiophene rings is 1. The van der Waals surface area contributed by atoms with Crippen LogP contribution in [0.1, 0.15) is 10.6 Å². The van der Waals surface area contributed by atoms with Crippen molar-refractivity contribution in [3.8, 4) is 9.88 Å². The molecule has 0 amide bonds. The van der Waals surface area contributed by atoms with Crippen molar-refractivity contribution in [2.45, 2.75) is 18.4 Å². The number of hydrogen-bond donors (Lipinski definition) is 1. The van der Waals surface area contributed by atoms with Crippen molar-refractivity contribution in [3.63, 3.8) is 0 Å². The first-order chi connectivity index (χ1) is 12.3. The number of sulfonamides is 1. The summed E-state index contributed by atoms with van der Waals surface area (Å²) in [6.45, 7) is 1.83. The molecule has 2 aromatic heterocycles. The molecule has 0 radical (unpaired) electrons. The van der Waals surface area contributed by atoms with Crippen LogP contribution < -0.4 is 4.72 Å². The number of nitrogens with zero attached hydrogens (tertiary/aromatic N) is 2. The molecule has 7 nitrogen and oxygen atoms in total. The van der Waals surface area contributed by atoms with Crippen LogP contribution in [0, 0.1) is 17.0 Å². The van der Waals surface area contributed by atoms with Gasteiger partial charge in [0.15, 0.2) is 0 Å². The minimum Gasteiger partial charge on any atom is -0.258 e. The summed E-state index contributed by atoms with van der Waals surface area (Å²) in [6, 6.07) is 7.16. The second-order valence-corrected chi connectivity index (χ2v) is 9.38. The van der Waals surface area contributed by atoms with Crippen LogP contribution in [0.25, 0.3) is 9.88 Å². The maximum absolute atomic E-state index is 12.5. The van der Waals surface area contributed by atoms with Crippen LogP contribution >= 0.6 is 34.3 Å². The highest BCUT2D eigenvalue weighted by atomic mass is 35.5. The zero-order chi connectivity index (χ0) is 18.9. The summed E-state index contributed by atoms with van der Waals surface area (Å²) in [4.78, 5) is 16.1. The number of halogens is 1. The normalized spacial score (nSPS) is 11.6. The number of benzene rings is 1. The molecule has 0 atom stereocenters. The molecule has 0 fully saturated rings. The van der Waals surface area contributed by atoms with E-state index in [-0.39, 0.29) is 22.2 Å². The van der Waals surface area contributed by atoms with Crippen LogP contribution in [-0.4, -0.2) is 18.3 Å². The Kier molecular flexibility index (Phi) is 5.39. The van der Waals surface area contributed by atoms with Crippen molar-refractivity contribution >= 4 is 50.0 Å². The van der Waals surface area contributed by atoms with Gasteiger partial charge in [0.25, 0.3) is 5.69 Å². The highest BCUT2D eigenvalue weighted by molar-refractivity contribution is 7.89. The van der Waals surface area contributed by atoms with Gasteiger partial charge in [-0.15, -0.1) is 22.7 Å². The summed E-state index contributed by atoms with van der Waals surface area (Å²) >= 11 is 8.87. The molecule has 2 heterocycles. The number of nitrogens with one attached hydrogen (secondary N) is 1. The van der Waals surface area contributed by atoms with Gasteiger partial charge in [-0.05, 0) is 24.4 Å². The lowest BCUT2D eigenvalue weighted by Gasteiger charge is -2.07. The number of nitro benzene ring substituents is 1. The Labute approximate surface area is 162 Å². The van der Waals surface area contributed by atoms with Gasteiger partial charge in [0.05, 0.1) is 20.5 Å². The van der Waals surface area contributed by atoms with Gasteiger partial charge in [-0.25, -0.2) is 18.1 Å². The monoisotopic (exact) mass is 429 g/mol. The molecule has 0 unspecified atom stereocenters. The van der Waals surface area contributed by atoms with E-state index in [1.54, 1.807) is 18.3 Å². The summed E-state index contributed by atoms with van der Waals surface area (Å²) in [5.74, 6) is 0. The number of rotatable bonds is 6. The molecular formula is C15H12ClN3O4S3. The lowest BCUT2D eigenvalue weighted by molar-refractivity contribution is -0.385. The van der Waals surface area contributed by atoms with Crippen molar-refractivity contribution in [1.29, 1.82) is 0 Å². The van der Waals surface area contributed by atoms with Gasteiger partial charge >= 0.3 is 0 Å². The molecule has 0 spiro atoms. The van der Waals surface area contributed by atoms with E-state index in [2.05, 4.69) is 9.71 Å². The average molecular weight is 430 g/mol. The largest absolute Gasteiger partial charge is 0.270 e. The van der Waals surface area contributed by atoms with Crippen molar-refractivity contribution < 1.29 is 13.3 Å². The maximum atomic E-state index is 12.5. The van der Waals surface area contributed by atoms with Crippen molar-refractivity contribution in [2.24, 2.45) is 0 Å². The topological polar surface area (TPSA) is 102 Å². The third-order valence-electron chi connectivity index (χ3n) is 3.46. The molecule has 1 N–H and O–H groups in total. The average Bonchev–Trinajstić information content (AvgIpc) is 3.22. The summed E-state index contributed by atoms with van der Waals surface area (Å²) in [5.41, 5.74) is 0.384. The molecule has 0 saturated heterocycles. The Morgan fingerprint density at radius 2 is 2.12 bits per heavy atom. The molecule has 11 heteroatoms. The van der Waals surface area contributed by atoms with Gasteiger partial charge in [0.2, 0.25) is 10.0 Å². The van der Waals surface area contributed by atoms with Crippen LogP contribution in [-0.2, 0) is 16.6 Å². The molecule has 0 aliphatic carbocycles. The highest BCUT2D eigenvalue weighted by Gasteiger charge is 2.22. The molecule has 3 aromatic rings. The maximum Gasteiger partial charge on any atom is 0.270 e. The zero-order valence-corrected chi connectivity index (χ0v) is 16.5. The number of hydrogen-bond acceptors (Lipinski definition) is 7. The van der Waals surface area contributed by atoms with E-state index >= 15 is 0 Å². The van der Waals surface area contributed by atoms with Crippen LogP contribution in [0.5, 0.6) is 0 Å². The minimum absolute atomic E-state index is 0.0240. The van der Waals surface area contributed by atoms with Crippen LogP contribution in [0.3, 0.4) is 0 Å². The first-order valence-corrected chi connectivity index (χ1v) is 10.8. The van der Waals surface area contributed by atoms with Crippen molar-refractivity contribution in [2.75, 3.05) is 0 Å². The third-order valence-corrected chi connectivity index (χ3v) is 7.54. The van der Waals surface area contributed by atoms with E-state index in [1.807, 2.05) is 17.5 Å². The van der Waals surface area contributed by atoms with Crippen LogP contribution in [0.15, 0.2) is 40.6 Å². The molecule has 0 saturated carbocycles. The summed E-state index contributed by atoms with van der Waals surface area (Å²) < 4.78 is 27.5. The Morgan fingerprint density at radius 3 is 2.77 bits per heavy atom. The molecule has 0 aliphatic rings. The van der Waals surface area contributed by atoms with E-state index < -0.39 is 14.9 Å². The van der Waals surface area contributed by atoms with E-state index in [0.29, 0.717) is 0 Å². The van der Waals surface area contributed by atoms with Gasteiger partial charge < -0.3 is 0 Å². The number of aromatic nitrogens is 1. The summed E-state index contributed by atoms with van der Waals surface area (Å²) in [5, 5.41) is 13.6. The zero-order valence-electron chi connectivity index (χ0n) is 13.3. The lowest BCUT2D eigenvalue weighted by Crippen LogP contribution is -2.23. The van der Waals surface area contributed by atoms with Crippen LogP contribution in [0.4, 0.5) is 5.69 Å². The number of nitro groups is 1. The van der Waals surface area contributed by atoms with E-state index in [9.17, 15) is 18.5 Å². The van der Waals surface area contributed by atoms with Gasteiger partial charge in [0.1, 0.15) is 9.90 Å². The number of aryl methyl sites for hydroxylation is 1. The van der Waals surface area contributed by atoms with Crippen molar-refractivity contribution in [3.05, 3.63) is 61.4 Å². The molecule has 0 aliphatic heterocycles. The minimum atomic E-state index is -4.01. The van der Waals surface area contributed by atoms with Gasteiger partial charge in [-0.1, -0.05) is 17.7 Å². The molecule has 26 heavy (non-hydrogen) atoms. The fourth-order valence-corrected chi connectivity index (χ4v) is 5.55. The molecule has 3 rings (SSSR count). The molecule has 136 valence electrons. The Balaban J connectivity index is 1.83. The van der Waals surface area contributed by atoms with Crippen molar-refractivity contribution in [1.82, 2.24) is 9.71 Å². The second kappa shape index (κ2) is 7.41. The smallest absolute Gasteiger partial charge is 0.258 e. The summed E-state index contributed by atoms with van der Waals surface area (Å²) in [6.07, 6.45) is 0. The predicted molar refractivity (Wildman–Crippen MR) is 102 cm³/mol. The summed E-state index contributed by atoms with van der Waals surface area (Å²) in [7, 11) is -4.01. The quantitative estimate of drug-likeness (QED) is 0.466. The fraction of sp³-hybridized carbons (Fsp3) is 0.133. The van der Waals surface area contributed by atoms with Gasteiger partial charge in [0, 0.05) is 23.6 Å². The Morgan fingerprint density at radius 1 is 1.35 bits per heavy atom. The highest BCUT2D eigenvalue weighted by Crippen LogP contribution is 2.31. The SMILES string of the molecule is Cc1nc(-c2cccs2)sc1CNS(=O)(=O)c1cc([N+](=O)[O-])ccc1Cl. The van der Waals surface area contributed by atoms with Gasteiger partial charge in [-0.3, -0.25) is 10.1 Å². The number of thiazole rings is 1. The van der Waals surface area contributed by atoms with Crippen LogP contribution in [0.2, 0.25) is 5.02 Å². The first-order valence-electron chi connectivity index (χ1n) is 7.22. The fourth-order valence-electron chi connectivity index (χ4n) is 2.15. The first kappa shape index (κ1) is 18.9. The Hall–Kier alpha value is -1.85. The molecule has 0 bridgehead atoms. The third kappa shape index (κ3) is 3.94. The van der Waals surface area contributed by atoms with E-state index in [1.165, 1.54) is 17.4 Å².